The van der Waals surface area contributed by atoms with Crippen molar-refractivity contribution >= 4 is 27.6 Å². The molecule has 1 aliphatic heterocycles. The van der Waals surface area contributed by atoms with Gasteiger partial charge in [-0.1, -0.05) is 44.4 Å². The van der Waals surface area contributed by atoms with Gasteiger partial charge in [0.25, 0.3) is 15.9 Å². The molecule has 3 amide bonds. The number of sulfonamides is 1. The van der Waals surface area contributed by atoms with Gasteiger partial charge in [-0.3, -0.25) is 9.52 Å². The first kappa shape index (κ1) is 36.5. The number of hydrogen-bond donors (Lipinski definition) is 3. The van der Waals surface area contributed by atoms with Crippen molar-refractivity contribution in [3.63, 3.8) is 0 Å². The highest BCUT2D eigenvalue weighted by Gasteiger charge is 2.31. The fourth-order valence-corrected chi connectivity index (χ4v) is 7.22. The molecule has 1 saturated carbocycles. The van der Waals surface area contributed by atoms with E-state index < -0.39 is 22.0 Å². The minimum Gasteiger partial charge on any atom is -0.490 e. The molecular formula is C35H52N4O7S. The Labute approximate surface area is 280 Å². The van der Waals surface area contributed by atoms with Gasteiger partial charge >= 0.3 is 6.03 Å². The van der Waals surface area contributed by atoms with Crippen LogP contribution in [-0.4, -0.2) is 92.9 Å². The predicted molar refractivity (Wildman–Crippen MR) is 182 cm³/mol. The summed E-state index contributed by atoms with van der Waals surface area (Å²) in [5.74, 6) is -0.263. The van der Waals surface area contributed by atoms with Crippen molar-refractivity contribution < 1.29 is 32.6 Å². The molecule has 12 heteroatoms. The second kappa shape index (κ2) is 17.2. The minimum absolute atomic E-state index is 0.101. The van der Waals surface area contributed by atoms with Gasteiger partial charge in [0.05, 0.1) is 35.3 Å². The van der Waals surface area contributed by atoms with Gasteiger partial charge in [0.2, 0.25) is 0 Å². The summed E-state index contributed by atoms with van der Waals surface area (Å²) in [6, 6.07) is 12.2. The van der Waals surface area contributed by atoms with Crippen molar-refractivity contribution in [2.45, 2.75) is 101 Å². The van der Waals surface area contributed by atoms with E-state index in [1.54, 1.807) is 54.1 Å². The molecule has 47 heavy (non-hydrogen) atoms. The molecule has 0 radical (unpaired) electrons. The molecule has 1 fully saturated rings. The van der Waals surface area contributed by atoms with Crippen LogP contribution in [0.5, 0.6) is 5.75 Å². The maximum Gasteiger partial charge on any atom is 0.317 e. The SMILES string of the molecule is C[C@@H]1CN([C@H](C)CO)C(=O)c2cc(NS(=O)(=O)c3ccccc3)ccc2O[C@@H](C)CCCCO[C@@H]1CN(C)C(=O)NC1CCCCC1. The van der Waals surface area contributed by atoms with E-state index in [1.807, 2.05) is 13.8 Å². The first-order valence-electron chi connectivity index (χ1n) is 16.9. The summed E-state index contributed by atoms with van der Waals surface area (Å²) in [5, 5.41) is 13.4. The van der Waals surface area contributed by atoms with E-state index >= 15 is 0 Å². The summed E-state index contributed by atoms with van der Waals surface area (Å²) in [6.07, 6.45) is 7.22. The molecule has 0 bridgehead atoms. The lowest BCUT2D eigenvalue weighted by Gasteiger charge is -2.36. The fourth-order valence-electron chi connectivity index (χ4n) is 6.15. The smallest absolute Gasteiger partial charge is 0.317 e. The molecule has 2 aromatic rings. The number of aliphatic hydroxyl groups is 1. The van der Waals surface area contributed by atoms with Crippen molar-refractivity contribution in [1.29, 1.82) is 0 Å². The quantitative estimate of drug-likeness (QED) is 0.348. The van der Waals surface area contributed by atoms with Gasteiger partial charge in [-0.15, -0.1) is 0 Å². The van der Waals surface area contributed by atoms with Crippen molar-refractivity contribution in [3.8, 4) is 5.75 Å². The number of anilines is 1. The monoisotopic (exact) mass is 672 g/mol. The summed E-state index contributed by atoms with van der Waals surface area (Å²) in [5.41, 5.74) is 0.408. The number of carbonyl (C=O) groups excluding carboxylic acids is 2. The highest BCUT2D eigenvalue weighted by molar-refractivity contribution is 7.92. The van der Waals surface area contributed by atoms with Crippen LogP contribution in [0.3, 0.4) is 0 Å². The number of nitrogens with one attached hydrogen (secondary N) is 2. The first-order chi connectivity index (χ1) is 22.5. The summed E-state index contributed by atoms with van der Waals surface area (Å²) in [7, 11) is -2.14. The van der Waals surface area contributed by atoms with Crippen LogP contribution in [0.1, 0.15) is 82.5 Å². The third-order valence-corrected chi connectivity index (χ3v) is 10.5. The number of amides is 3. The van der Waals surface area contributed by atoms with Crippen molar-refractivity contribution in [2.24, 2.45) is 5.92 Å². The third kappa shape index (κ3) is 10.3. The summed E-state index contributed by atoms with van der Waals surface area (Å²) < 4.78 is 41.4. The Morgan fingerprint density at radius 3 is 2.45 bits per heavy atom. The molecule has 11 nitrogen and oxygen atoms in total. The molecule has 1 heterocycles. The lowest BCUT2D eigenvalue weighted by atomic mass is 9.96. The van der Waals surface area contributed by atoms with Crippen molar-refractivity contribution in [2.75, 3.05) is 38.1 Å². The largest absolute Gasteiger partial charge is 0.490 e. The van der Waals surface area contributed by atoms with E-state index in [2.05, 4.69) is 10.0 Å². The zero-order chi connectivity index (χ0) is 34.0. The van der Waals surface area contributed by atoms with E-state index in [0.717, 1.165) is 44.9 Å². The molecule has 1 aliphatic carbocycles. The Morgan fingerprint density at radius 1 is 1.04 bits per heavy atom. The summed E-state index contributed by atoms with van der Waals surface area (Å²) in [6.45, 7) is 6.49. The van der Waals surface area contributed by atoms with Gasteiger partial charge < -0.3 is 29.7 Å². The maximum absolute atomic E-state index is 14.3. The minimum atomic E-state index is -3.91. The summed E-state index contributed by atoms with van der Waals surface area (Å²) in [4.78, 5) is 30.8. The molecular weight excluding hydrogens is 620 g/mol. The number of fused-ring (bicyclic) bond motifs is 1. The Morgan fingerprint density at radius 2 is 1.74 bits per heavy atom. The second-order valence-corrected chi connectivity index (χ2v) is 14.8. The lowest BCUT2D eigenvalue weighted by Crippen LogP contribution is -2.50. The summed E-state index contributed by atoms with van der Waals surface area (Å²) >= 11 is 0. The van der Waals surface area contributed by atoms with Gasteiger partial charge in [-0.25, -0.2) is 13.2 Å². The fraction of sp³-hybridized carbons (Fsp3) is 0.600. The zero-order valence-corrected chi connectivity index (χ0v) is 29.0. The molecule has 2 aliphatic rings. The van der Waals surface area contributed by atoms with Crippen LogP contribution < -0.4 is 14.8 Å². The normalized spacial score (nSPS) is 22.7. The van der Waals surface area contributed by atoms with Crippen molar-refractivity contribution in [1.82, 2.24) is 15.1 Å². The standard InChI is InChI=1S/C35H52N4O7S/c1-25-22-39(26(2)24-40)34(41)31-21-29(37-47(43,44)30-16-9-6-10-17-30)18-19-32(31)46-27(3)13-11-12-20-45-33(25)23-38(4)35(42)36-28-14-7-5-8-15-28/h6,9-10,16-19,21,25-28,33,37,40H,5,7-8,11-15,20,22-24H2,1-4H3,(H,36,42)/t25-,26-,27+,33-/m1/s1. The van der Waals surface area contributed by atoms with Crippen LogP contribution in [0, 0.1) is 5.92 Å². The highest BCUT2D eigenvalue weighted by atomic mass is 32.2. The molecule has 0 aromatic heterocycles. The zero-order valence-electron chi connectivity index (χ0n) is 28.2. The molecule has 260 valence electrons. The van der Waals surface area contributed by atoms with Crippen LogP contribution in [0.4, 0.5) is 10.5 Å². The van der Waals surface area contributed by atoms with Crippen LogP contribution in [-0.2, 0) is 14.8 Å². The van der Waals surface area contributed by atoms with Crippen LogP contribution in [0.2, 0.25) is 0 Å². The number of carbonyl (C=O) groups is 2. The van der Waals surface area contributed by atoms with Crippen LogP contribution >= 0.6 is 0 Å². The average Bonchev–Trinajstić information content (AvgIpc) is 3.06. The maximum atomic E-state index is 14.3. The number of benzene rings is 2. The van der Waals surface area contributed by atoms with Crippen LogP contribution in [0.25, 0.3) is 0 Å². The topological polar surface area (TPSA) is 138 Å². The number of ether oxygens (including phenoxy) is 2. The number of aliphatic hydroxyl groups excluding tert-OH is 1. The molecule has 3 N–H and O–H groups in total. The molecule has 4 rings (SSSR count). The van der Waals surface area contributed by atoms with Crippen molar-refractivity contribution in [3.05, 3.63) is 54.1 Å². The first-order valence-corrected chi connectivity index (χ1v) is 18.4. The van der Waals surface area contributed by atoms with E-state index in [-0.39, 0.29) is 59.5 Å². The molecule has 0 unspecified atom stereocenters. The number of hydrogen-bond acceptors (Lipinski definition) is 7. The number of rotatable bonds is 8. The van der Waals surface area contributed by atoms with Gasteiger partial charge in [0.15, 0.2) is 0 Å². The number of likely N-dealkylation sites (N-methyl/N-ethyl adjacent to an activating group) is 1. The molecule has 2 aromatic carbocycles. The molecule has 0 saturated heterocycles. The van der Waals surface area contributed by atoms with Gasteiger partial charge in [0.1, 0.15) is 5.75 Å². The Bertz CT molecular complexity index is 1420. The lowest BCUT2D eigenvalue weighted by molar-refractivity contribution is -0.0123. The van der Waals surface area contributed by atoms with E-state index in [4.69, 9.17) is 9.47 Å². The van der Waals surface area contributed by atoms with E-state index in [9.17, 15) is 23.1 Å². The number of urea groups is 1. The highest BCUT2D eigenvalue weighted by Crippen LogP contribution is 2.29. The predicted octanol–water partition coefficient (Wildman–Crippen LogP) is 5.26. The molecule has 4 atom stereocenters. The Balaban J connectivity index is 1.60. The van der Waals surface area contributed by atoms with Gasteiger partial charge in [-0.2, -0.15) is 0 Å². The Kier molecular flexibility index (Phi) is 13.3. The second-order valence-electron chi connectivity index (χ2n) is 13.1. The Hall–Kier alpha value is -3.35. The van der Waals surface area contributed by atoms with Crippen LogP contribution in [0.15, 0.2) is 53.4 Å². The number of nitrogens with zero attached hydrogens (tertiary/aromatic N) is 2. The van der Waals surface area contributed by atoms with E-state index in [0.29, 0.717) is 18.9 Å². The third-order valence-electron chi connectivity index (χ3n) is 9.09. The van der Waals surface area contributed by atoms with E-state index in [1.165, 1.54) is 24.6 Å². The molecule has 0 spiro atoms. The average molecular weight is 673 g/mol. The van der Waals surface area contributed by atoms with Gasteiger partial charge in [0, 0.05) is 44.4 Å². The van der Waals surface area contributed by atoms with Gasteiger partial charge in [-0.05, 0) is 76.3 Å².